The average Bonchev–Trinajstić information content (AvgIpc) is 3.59. The van der Waals surface area contributed by atoms with Gasteiger partial charge in [-0.05, 0) is 164 Å². The van der Waals surface area contributed by atoms with Gasteiger partial charge in [0.1, 0.15) is 0 Å². The summed E-state index contributed by atoms with van der Waals surface area (Å²) in [6, 6.07) is 1.11. The third kappa shape index (κ3) is 22.1. The maximum absolute atomic E-state index is 9.58. The second kappa shape index (κ2) is 33.5. The molecule has 0 aromatic carbocycles. The van der Waals surface area contributed by atoms with Gasteiger partial charge in [0, 0.05) is 18.6 Å². The number of aliphatic hydroxyl groups is 1. The van der Waals surface area contributed by atoms with Gasteiger partial charge in [-0.1, -0.05) is 159 Å². The number of rotatable bonds is 36. The first-order valence-electron chi connectivity index (χ1n) is 26.3. The lowest BCUT2D eigenvalue weighted by molar-refractivity contribution is 0.0568. The van der Waals surface area contributed by atoms with E-state index in [1.54, 1.807) is 0 Å². The van der Waals surface area contributed by atoms with Gasteiger partial charge in [0.15, 0.2) is 0 Å². The van der Waals surface area contributed by atoms with Crippen molar-refractivity contribution in [2.24, 2.45) is 22.7 Å². The minimum Gasteiger partial charge on any atom is -0.395 e. The van der Waals surface area contributed by atoms with Crippen LogP contribution in [0.25, 0.3) is 0 Å². The maximum Gasteiger partial charge on any atom is 0.0556 e. The molecule has 336 valence electrons. The van der Waals surface area contributed by atoms with E-state index in [-0.39, 0.29) is 6.61 Å². The van der Waals surface area contributed by atoms with Crippen LogP contribution < -0.4 is 10.6 Å². The Balaban J connectivity index is 1.38. The summed E-state index contributed by atoms with van der Waals surface area (Å²) in [5, 5.41) is 17.3. The van der Waals surface area contributed by atoms with E-state index in [9.17, 15) is 5.11 Å². The van der Waals surface area contributed by atoms with Gasteiger partial charge in [-0.25, -0.2) is 0 Å². The van der Waals surface area contributed by atoms with E-state index >= 15 is 0 Å². The van der Waals surface area contributed by atoms with Crippen LogP contribution in [0.15, 0.2) is 48.6 Å². The molecule has 0 bridgehead atoms. The van der Waals surface area contributed by atoms with Crippen molar-refractivity contribution in [1.82, 2.24) is 10.6 Å². The highest BCUT2D eigenvalue weighted by molar-refractivity contribution is 5.05. The number of fused-ring (bicyclic) bond motifs is 1. The molecule has 4 atom stereocenters. The van der Waals surface area contributed by atoms with Gasteiger partial charge in [-0.2, -0.15) is 0 Å². The molecule has 0 aliphatic heterocycles. The summed E-state index contributed by atoms with van der Waals surface area (Å²) in [5.41, 5.74) is 1.25. The van der Waals surface area contributed by atoms with Crippen LogP contribution in [0.2, 0.25) is 0 Å². The smallest absolute Gasteiger partial charge is 0.0556 e. The number of aliphatic hydroxyl groups excluding tert-OH is 1. The molecular weight excluding hydrogens is 705 g/mol. The molecule has 3 saturated carbocycles. The SMILES string of the molecule is CCCCC/C=C\C/C=C\CCCCCCCCC1(CCCCCCCC/C=C\C/C=C\CCCCC)CCC2(CC1)CC1CC(NCCC)C(NCCO)C[C@@H]1C2. The van der Waals surface area contributed by atoms with Crippen LogP contribution in [0.5, 0.6) is 0 Å². The summed E-state index contributed by atoms with van der Waals surface area (Å²) in [6.45, 7) is 8.97. The molecule has 3 unspecified atom stereocenters. The molecule has 0 heterocycles. The highest BCUT2D eigenvalue weighted by Gasteiger charge is 2.52. The van der Waals surface area contributed by atoms with Crippen molar-refractivity contribution in [3.63, 3.8) is 0 Å². The molecule has 58 heavy (non-hydrogen) atoms. The monoisotopic (exact) mass is 805 g/mol. The Morgan fingerprint density at radius 1 is 0.448 bits per heavy atom. The molecule has 3 nitrogen and oxygen atoms in total. The van der Waals surface area contributed by atoms with Crippen LogP contribution in [0.3, 0.4) is 0 Å². The molecule has 0 radical (unpaired) electrons. The second-order valence-electron chi connectivity index (χ2n) is 19.9. The Morgan fingerprint density at radius 2 is 0.845 bits per heavy atom. The number of unbranched alkanes of at least 4 members (excludes halogenated alkanes) is 18. The molecule has 0 aromatic rings. The van der Waals surface area contributed by atoms with Crippen LogP contribution in [-0.4, -0.2) is 36.9 Å². The fourth-order valence-electron chi connectivity index (χ4n) is 11.4. The summed E-state index contributed by atoms with van der Waals surface area (Å²) >= 11 is 0. The third-order valence-electron chi connectivity index (χ3n) is 15.0. The molecule has 0 amide bonds. The topological polar surface area (TPSA) is 44.3 Å². The van der Waals surface area contributed by atoms with E-state index in [4.69, 9.17) is 0 Å². The summed E-state index contributed by atoms with van der Waals surface area (Å²) in [5.74, 6) is 1.80. The van der Waals surface area contributed by atoms with Crippen molar-refractivity contribution in [2.45, 2.75) is 258 Å². The summed E-state index contributed by atoms with van der Waals surface area (Å²) in [7, 11) is 0. The fraction of sp³-hybridized carbons (Fsp3) is 0.855. The number of hydrogen-bond donors (Lipinski definition) is 3. The zero-order valence-electron chi connectivity index (χ0n) is 39.2. The Bertz CT molecular complexity index is 990. The van der Waals surface area contributed by atoms with E-state index in [2.05, 4.69) is 80.0 Å². The van der Waals surface area contributed by atoms with E-state index in [1.807, 2.05) is 0 Å². The van der Waals surface area contributed by atoms with Gasteiger partial charge in [-0.3, -0.25) is 0 Å². The predicted molar refractivity (Wildman–Crippen MR) is 258 cm³/mol. The molecule has 0 saturated heterocycles. The summed E-state index contributed by atoms with van der Waals surface area (Å²) in [6.07, 6.45) is 67.4. The lowest BCUT2D eigenvalue weighted by atomic mass is 9.59. The van der Waals surface area contributed by atoms with Gasteiger partial charge >= 0.3 is 0 Å². The van der Waals surface area contributed by atoms with Gasteiger partial charge in [0.25, 0.3) is 0 Å². The largest absolute Gasteiger partial charge is 0.395 e. The van der Waals surface area contributed by atoms with Gasteiger partial charge in [-0.15, -0.1) is 0 Å². The lowest BCUT2D eigenvalue weighted by Crippen LogP contribution is -2.53. The molecule has 3 aliphatic carbocycles. The van der Waals surface area contributed by atoms with Crippen molar-refractivity contribution < 1.29 is 5.11 Å². The molecular formula is C55H100N2O. The molecule has 1 spiro atoms. The zero-order valence-corrected chi connectivity index (χ0v) is 39.2. The maximum atomic E-state index is 9.58. The molecule has 3 fully saturated rings. The van der Waals surface area contributed by atoms with E-state index in [1.165, 1.54) is 212 Å². The van der Waals surface area contributed by atoms with Crippen molar-refractivity contribution >= 4 is 0 Å². The number of allylic oxidation sites excluding steroid dienone is 8. The molecule has 3 rings (SSSR count). The standard InChI is InChI=1S/C55H100N2O/c1-4-7-9-11-13-15-17-19-21-23-25-27-29-31-33-35-37-54(38-36-34-32-30-28-26-24-22-20-18-16-14-12-10-8-5-2)39-41-55(42-40-54)48-50-46-52(56-43-6-3)53(57-44-45-58)47-51(50)49-55/h13-16,19-22,50-53,56-58H,4-12,17-18,23-49H2,1-3H3/b15-13-,16-14-,21-19-,22-20-/t50?,51-,52?,53?/m1/s1. The molecule has 3 aliphatic rings. The van der Waals surface area contributed by atoms with Crippen molar-refractivity contribution in [1.29, 1.82) is 0 Å². The highest BCUT2D eigenvalue weighted by atomic mass is 16.3. The first-order valence-corrected chi connectivity index (χ1v) is 26.3. The zero-order chi connectivity index (χ0) is 41.3. The number of nitrogens with one attached hydrogen (secondary N) is 2. The second-order valence-corrected chi connectivity index (χ2v) is 19.9. The minimum atomic E-state index is 0.251. The van der Waals surface area contributed by atoms with Crippen molar-refractivity contribution in [3.05, 3.63) is 48.6 Å². The quantitative estimate of drug-likeness (QED) is 0.0437. The Morgan fingerprint density at radius 3 is 1.26 bits per heavy atom. The van der Waals surface area contributed by atoms with Crippen LogP contribution >= 0.6 is 0 Å². The van der Waals surface area contributed by atoms with Crippen LogP contribution in [0, 0.1) is 22.7 Å². The van der Waals surface area contributed by atoms with Gasteiger partial charge < -0.3 is 15.7 Å². The lowest BCUT2D eigenvalue weighted by Gasteiger charge is -2.46. The van der Waals surface area contributed by atoms with Crippen LogP contribution in [0.1, 0.15) is 245 Å². The number of hydrogen-bond acceptors (Lipinski definition) is 3. The van der Waals surface area contributed by atoms with Gasteiger partial charge in [0.2, 0.25) is 0 Å². The molecule has 3 heteroatoms. The fourth-order valence-corrected chi connectivity index (χ4v) is 11.4. The third-order valence-corrected chi connectivity index (χ3v) is 15.0. The Hall–Kier alpha value is -1.16. The van der Waals surface area contributed by atoms with Gasteiger partial charge in [0.05, 0.1) is 6.61 Å². The first-order chi connectivity index (χ1) is 28.6. The van der Waals surface area contributed by atoms with Crippen LogP contribution in [-0.2, 0) is 0 Å². The van der Waals surface area contributed by atoms with E-state index < -0.39 is 0 Å². The highest BCUT2D eigenvalue weighted by Crippen LogP contribution is 2.61. The molecule has 0 aromatic heterocycles. The Kier molecular flexibility index (Phi) is 29.5. The van der Waals surface area contributed by atoms with Crippen molar-refractivity contribution in [2.75, 3.05) is 19.7 Å². The van der Waals surface area contributed by atoms with Crippen LogP contribution in [0.4, 0.5) is 0 Å². The Labute approximate surface area is 363 Å². The van der Waals surface area contributed by atoms with E-state index in [0.717, 1.165) is 37.8 Å². The minimum absolute atomic E-state index is 0.251. The summed E-state index contributed by atoms with van der Waals surface area (Å²) in [4.78, 5) is 0. The normalized spacial score (nSPS) is 23.1. The summed E-state index contributed by atoms with van der Waals surface area (Å²) < 4.78 is 0. The van der Waals surface area contributed by atoms with Crippen molar-refractivity contribution in [3.8, 4) is 0 Å². The average molecular weight is 805 g/mol. The van der Waals surface area contributed by atoms with E-state index in [0.29, 0.717) is 22.9 Å². The first kappa shape index (κ1) is 51.2. The molecule has 3 N–H and O–H groups in total. The predicted octanol–water partition coefficient (Wildman–Crippen LogP) is 16.1.